The Balaban J connectivity index is 1.37. The minimum absolute atomic E-state index is 0.266. The molecule has 0 bridgehead atoms. The molecular weight excluding hydrogens is 380 g/mol. The van der Waals surface area contributed by atoms with Crippen molar-refractivity contribution in [1.29, 1.82) is 0 Å². The maximum absolute atomic E-state index is 12.4. The summed E-state index contributed by atoms with van der Waals surface area (Å²) >= 11 is 0. The summed E-state index contributed by atoms with van der Waals surface area (Å²) in [4.78, 5) is 29.8. The zero-order chi connectivity index (χ0) is 21.1. The molecule has 0 aliphatic carbocycles. The van der Waals surface area contributed by atoms with Crippen LogP contribution in [-0.2, 0) is 0 Å². The van der Waals surface area contributed by atoms with Crippen LogP contribution in [-0.4, -0.2) is 48.7 Å². The molecular formula is C21H22N8O. The van der Waals surface area contributed by atoms with Gasteiger partial charge in [-0.15, -0.1) is 0 Å². The molecule has 0 saturated carbocycles. The van der Waals surface area contributed by atoms with E-state index in [0.29, 0.717) is 41.8 Å². The predicted octanol–water partition coefficient (Wildman–Crippen LogP) is 2.37. The number of anilines is 1. The summed E-state index contributed by atoms with van der Waals surface area (Å²) in [6, 6.07) is 11.3. The SMILES string of the molecule is Cc1cc(C)n(-c2cc(NCCNC(=O)c3cnc4ccccc4n3)nc(C)n2)n1. The van der Waals surface area contributed by atoms with Crippen LogP contribution in [0.1, 0.15) is 27.7 Å². The number of carbonyl (C=O) groups is 1. The summed E-state index contributed by atoms with van der Waals surface area (Å²) < 4.78 is 1.79. The van der Waals surface area contributed by atoms with E-state index in [2.05, 4.69) is 35.7 Å². The van der Waals surface area contributed by atoms with Gasteiger partial charge in [-0.3, -0.25) is 9.78 Å². The van der Waals surface area contributed by atoms with Crippen LogP contribution in [0.3, 0.4) is 0 Å². The van der Waals surface area contributed by atoms with Gasteiger partial charge in [-0.2, -0.15) is 5.10 Å². The predicted molar refractivity (Wildman–Crippen MR) is 114 cm³/mol. The Morgan fingerprint density at radius 1 is 1.00 bits per heavy atom. The third-order valence-electron chi connectivity index (χ3n) is 4.45. The highest BCUT2D eigenvalue weighted by Crippen LogP contribution is 2.14. The van der Waals surface area contributed by atoms with E-state index >= 15 is 0 Å². The zero-order valence-corrected chi connectivity index (χ0v) is 17.0. The summed E-state index contributed by atoms with van der Waals surface area (Å²) in [6.07, 6.45) is 1.49. The average Bonchev–Trinajstić information content (AvgIpc) is 3.08. The highest BCUT2D eigenvalue weighted by molar-refractivity contribution is 5.93. The fourth-order valence-corrected chi connectivity index (χ4v) is 3.14. The van der Waals surface area contributed by atoms with Crippen LogP contribution >= 0.6 is 0 Å². The second kappa shape index (κ2) is 8.24. The standard InChI is InChI=1S/C21H22N8O/c1-13-10-14(2)29(28-13)20-11-19(25-15(3)26-20)22-8-9-23-21(30)18-12-24-16-6-4-5-7-17(16)27-18/h4-7,10-12H,8-9H2,1-3H3,(H,23,30)(H,22,25,26). The third kappa shape index (κ3) is 4.24. The van der Waals surface area contributed by atoms with Gasteiger partial charge >= 0.3 is 0 Å². The lowest BCUT2D eigenvalue weighted by Gasteiger charge is -2.10. The van der Waals surface area contributed by atoms with Crippen molar-refractivity contribution in [3.8, 4) is 5.82 Å². The number of aryl methyl sites for hydroxylation is 3. The first-order chi connectivity index (χ1) is 14.5. The first kappa shape index (κ1) is 19.4. The quantitative estimate of drug-likeness (QED) is 0.476. The van der Waals surface area contributed by atoms with Gasteiger partial charge in [-0.1, -0.05) is 12.1 Å². The molecule has 1 amide bonds. The van der Waals surface area contributed by atoms with Crippen LogP contribution in [0.5, 0.6) is 0 Å². The molecule has 1 aromatic carbocycles. The van der Waals surface area contributed by atoms with Crippen LogP contribution in [0.4, 0.5) is 5.82 Å². The smallest absolute Gasteiger partial charge is 0.271 e. The summed E-state index contributed by atoms with van der Waals surface area (Å²) in [5, 5.41) is 10.5. The van der Waals surface area contributed by atoms with Gasteiger partial charge in [0.2, 0.25) is 0 Å². The minimum atomic E-state index is -0.266. The number of fused-ring (bicyclic) bond motifs is 1. The maximum atomic E-state index is 12.4. The highest BCUT2D eigenvalue weighted by Gasteiger charge is 2.10. The van der Waals surface area contributed by atoms with Gasteiger partial charge in [0.05, 0.1) is 22.9 Å². The molecule has 152 valence electrons. The largest absolute Gasteiger partial charge is 0.368 e. The molecule has 4 rings (SSSR count). The van der Waals surface area contributed by atoms with E-state index in [1.807, 2.05) is 57.2 Å². The molecule has 0 atom stereocenters. The van der Waals surface area contributed by atoms with E-state index in [-0.39, 0.29) is 5.91 Å². The lowest BCUT2D eigenvalue weighted by Crippen LogP contribution is -2.29. The molecule has 3 aromatic heterocycles. The monoisotopic (exact) mass is 402 g/mol. The van der Waals surface area contributed by atoms with Gasteiger partial charge in [0.1, 0.15) is 17.3 Å². The fourth-order valence-electron chi connectivity index (χ4n) is 3.14. The maximum Gasteiger partial charge on any atom is 0.271 e. The van der Waals surface area contributed by atoms with E-state index in [0.717, 1.165) is 16.9 Å². The van der Waals surface area contributed by atoms with Gasteiger partial charge in [0.25, 0.3) is 5.91 Å². The number of hydrogen-bond acceptors (Lipinski definition) is 7. The molecule has 0 fully saturated rings. The number of para-hydroxylation sites is 2. The summed E-state index contributed by atoms with van der Waals surface area (Å²) in [7, 11) is 0. The lowest BCUT2D eigenvalue weighted by molar-refractivity contribution is 0.0950. The van der Waals surface area contributed by atoms with E-state index in [1.54, 1.807) is 4.68 Å². The number of carbonyl (C=O) groups excluding carboxylic acids is 1. The molecule has 0 aliphatic heterocycles. The number of benzene rings is 1. The van der Waals surface area contributed by atoms with Crippen molar-refractivity contribution in [2.75, 3.05) is 18.4 Å². The molecule has 9 nitrogen and oxygen atoms in total. The summed E-state index contributed by atoms with van der Waals surface area (Å²) in [6.45, 7) is 6.67. The second-order valence-electron chi connectivity index (χ2n) is 6.92. The first-order valence-corrected chi connectivity index (χ1v) is 9.63. The van der Waals surface area contributed by atoms with Crippen LogP contribution in [0, 0.1) is 20.8 Å². The van der Waals surface area contributed by atoms with Gasteiger partial charge in [0, 0.05) is 24.8 Å². The summed E-state index contributed by atoms with van der Waals surface area (Å²) in [5.74, 6) is 1.74. The van der Waals surface area contributed by atoms with Crippen molar-refractivity contribution in [2.24, 2.45) is 0 Å². The molecule has 30 heavy (non-hydrogen) atoms. The van der Waals surface area contributed by atoms with Crippen molar-refractivity contribution in [3.05, 3.63) is 65.5 Å². The molecule has 0 radical (unpaired) electrons. The molecule has 3 heterocycles. The minimum Gasteiger partial charge on any atom is -0.368 e. The van der Waals surface area contributed by atoms with Crippen molar-refractivity contribution >= 4 is 22.8 Å². The van der Waals surface area contributed by atoms with E-state index in [4.69, 9.17) is 0 Å². The first-order valence-electron chi connectivity index (χ1n) is 9.63. The number of hydrogen-bond donors (Lipinski definition) is 2. The zero-order valence-electron chi connectivity index (χ0n) is 17.0. The Kier molecular flexibility index (Phi) is 5.34. The Morgan fingerprint density at radius 3 is 2.57 bits per heavy atom. The third-order valence-corrected chi connectivity index (χ3v) is 4.45. The lowest BCUT2D eigenvalue weighted by atomic mass is 10.3. The highest BCUT2D eigenvalue weighted by atomic mass is 16.1. The van der Waals surface area contributed by atoms with Crippen LogP contribution < -0.4 is 10.6 Å². The Hall–Kier alpha value is -3.88. The Labute approximate surface area is 173 Å². The van der Waals surface area contributed by atoms with Crippen LogP contribution in [0.15, 0.2) is 42.6 Å². The molecule has 0 aliphatic rings. The number of amides is 1. The van der Waals surface area contributed by atoms with Gasteiger partial charge < -0.3 is 10.6 Å². The number of nitrogens with zero attached hydrogens (tertiary/aromatic N) is 6. The number of rotatable bonds is 6. The van der Waals surface area contributed by atoms with Gasteiger partial charge in [0.15, 0.2) is 5.82 Å². The van der Waals surface area contributed by atoms with Gasteiger partial charge in [-0.05, 0) is 39.0 Å². The van der Waals surface area contributed by atoms with Crippen molar-refractivity contribution in [2.45, 2.75) is 20.8 Å². The molecule has 0 unspecified atom stereocenters. The molecule has 0 saturated heterocycles. The fraction of sp³-hybridized carbons (Fsp3) is 0.238. The van der Waals surface area contributed by atoms with E-state index < -0.39 is 0 Å². The van der Waals surface area contributed by atoms with Crippen molar-refractivity contribution in [1.82, 2.24) is 35.0 Å². The van der Waals surface area contributed by atoms with Gasteiger partial charge in [-0.25, -0.2) is 19.6 Å². The topological polar surface area (TPSA) is 111 Å². The van der Waals surface area contributed by atoms with E-state index in [9.17, 15) is 4.79 Å². The van der Waals surface area contributed by atoms with Crippen LogP contribution in [0.25, 0.3) is 16.9 Å². The number of nitrogens with one attached hydrogen (secondary N) is 2. The number of aromatic nitrogens is 6. The van der Waals surface area contributed by atoms with Crippen molar-refractivity contribution < 1.29 is 4.79 Å². The molecule has 9 heteroatoms. The average molecular weight is 402 g/mol. The van der Waals surface area contributed by atoms with Crippen molar-refractivity contribution in [3.63, 3.8) is 0 Å². The Bertz CT molecular complexity index is 1220. The normalized spacial score (nSPS) is 10.9. The Morgan fingerprint density at radius 2 is 1.80 bits per heavy atom. The summed E-state index contributed by atoms with van der Waals surface area (Å²) in [5.41, 5.74) is 3.67. The van der Waals surface area contributed by atoms with Crippen LogP contribution in [0.2, 0.25) is 0 Å². The molecule has 0 spiro atoms. The molecule has 4 aromatic rings. The van der Waals surface area contributed by atoms with E-state index in [1.165, 1.54) is 6.20 Å². The molecule has 2 N–H and O–H groups in total. The second-order valence-corrected chi connectivity index (χ2v) is 6.92.